The van der Waals surface area contributed by atoms with E-state index in [-0.39, 0.29) is 17.6 Å². The molecule has 1 rings (SSSR count). The van der Waals surface area contributed by atoms with Gasteiger partial charge in [0.2, 0.25) is 5.91 Å². The summed E-state index contributed by atoms with van der Waals surface area (Å²) in [5.41, 5.74) is 0.510. The van der Waals surface area contributed by atoms with Gasteiger partial charge in [-0.15, -0.1) is 0 Å². The molecular formula is C14H19BrFNO. The first-order chi connectivity index (χ1) is 8.58. The van der Waals surface area contributed by atoms with Gasteiger partial charge < -0.3 is 5.32 Å². The molecule has 0 heterocycles. The van der Waals surface area contributed by atoms with Crippen LogP contribution in [0, 0.1) is 11.7 Å². The van der Waals surface area contributed by atoms with E-state index < -0.39 is 0 Å². The van der Waals surface area contributed by atoms with Gasteiger partial charge in [-0.2, -0.15) is 0 Å². The van der Waals surface area contributed by atoms with Crippen LogP contribution in [0.2, 0.25) is 0 Å². The Bertz CT molecular complexity index is 409. The lowest BCUT2D eigenvalue weighted by molar-refractivity contribution is -0.120. The Morgan fingerprint density at radius 3 is 2.72 bits per heavy atom. The molecule has 4 heteroatoms. The first-order valence-corrected chi connectivity index (χ1v) is 7.13. The number of hydrogen-bond acceptors (Lipinski definition) is 1. The molecule has 0 saturated carbocycles. The van der Waals surface area contributed by atoms with Gasteiger partial charge in [0.25, 0.3) is 0 Å². The minimum absolute atomic E-state index is 0.0108. The molecule has 2 nitrogen and oxygen atoms in total. The van der Waals surface area contributed by atoms with E-state index >= 15 is 0 Å². The van der Waals surface area contributed by atoms with Crippen LogP contribution in [0.15, 0.2) is 22.7 Å². The average molecular weight is 316 g/mol. The molecule has 0 radical (unpaired) electrons. The quantitative estimate of drug-likeness (QED) is 0.807. The highest BCUT2D eigenvalue weighted by molar-refractivity contribution is 9.10. The number of carbonyl (C=O) groups excluding carboxylic acids is 1. The predicted octanol–water partition coefficient (Wildman–Crippen LogP) is 4.74. The second kappa shape index (κ2) is 7.52. The Balaban J connectivity index is 2.64. The number of carbonyl (C=O) groups is 1. The largest absolute Gasteiger partial charge is 0.326 e. The fourth-order valence-corrected chi connectivity index (χ4v) is 2.04. The van der Waals surface area contributed by atoms with Crippen molar-refractivity contribution in [1.82, 2.24) is 0 Å². The predicted molar refractivity (Wildman–Crippen MR) is 76.0 cm³/mol. The molecule has 0 saturated heterocycles. The normalized spacial score (nSPS) is 12.2. The van der Waals surface area contributed by atoms with Crippen molar-refractivity contribution in [2.75, 3.05) is 5.32 Å². The number of nitrogens with one attached hydrogen (secondary N) is 1. The summed E-state index contributed by atoms with van der Waals surface area (Å²) < 4.78 is 13.7. The summed E-state index contributed by atoms with van der Waals surface area (Å²) in [5, 5.41) is 2.77. The molecule has 1 unspecified atom stereocenters. The van der Waals surface area contributed by atoms with Crippen LogP contribution in [-0.4, -0.2) is 5.91 Å². The maximum atomic E-state index is 13.3. The van der Waals surface area contributed by atoms with E-state index in [1.807, 2.05) is 6.92 Å². The van der Waals surface area contributed by atoms with Crippen molar-refractivity contribution in [2.45, 2.75) is 39.5 Å². The highest BCUT2D eigenvalue weighted by Gasteiger charge is 2.16. The summed E-state index contributed by atoms with van der Waals surface area (Å²) in [6.07, 6.45) is 3.82. The van der Waals surface area contributed by atoms with Crippen LogP contribution in [-0.2, 0) is 4.79 Å². The molecule has 0 aliphatic heterocycles. The molecule has 0 aliphatic carbocycles. The highest BCUT2D eigenvalue weighted by Crippen LogP contribution is 2.21. The Hall–Kier alpha value is -0.900. The number of anilines is 1. The molecule has 100 valence electrons. The molecule has 0 fully saturated rings. The lowest BCUT2D eigenvalue weighted by Gasteiger charge is -2.14. The zero-order valence-corrected chi connectivity index (χ0v) is 12.4. The van der Waals surface area contributed by atoms with Crippen LogP contribution >= 0.6 is 15.9 Å². The summed E-state index contributed by atoms with van der Waals surface area (Å²) in [4.78, 5) is 12.0. The lowest BCUT2D eigenvalue weighted by atomic mass is 9.98. The minimum atomic E-state index is -0.366. The maximum Gasteiger partial charge on any atom is 0.227 e. The second-order valence-corrected chi connectivity index (χ2v) is 5.22. The molecule has 0 aromatic heterocycles. The molecule has 0 bridgehead atoms. The van der Waals surface area contributed by atoms with Crippen LogP contribution in [0.4, 0.5) is 10.1 Å². The lowest BCUT2D eigenvalue weighted by Crippen LogP contribution is -2.22. The molecule has 1 atom stereocenters. The Kier molecular flexibility index (Phi) is 6.33. The standard InChI is InChI=1S/C14H19BrFNO/c1-3-5-6-10(4-2)14(18)17-11-7-8-12(15)13(16)9-11/h7-10H,3-6H2,1-2H3,(H,17,18). The average Bonchev–Trinajstić information content (AvgIpc) is 2.35. The van der Waals surface area contributed by atoms with E-state index in [1.165, 1.54) is 6.07 Å². The van der Waals surface area contributed by atoms with Crippen LogP contribution < -0.4 is 5.32 Å². The van der Waals surface area contributed by atoms with E-state index in [0.717, 1.165) is 25.7 Å². The summed E-state index contributed by atoms with van der Waals surface area (Å²) in [5.74, 6) is -0.376. The Morgan fingerprint density at radius 2 is 2.17 bits per heavy atom. The van der Waals surface area contributed by atoms with E-state index in [1.54, 1.807) is 12.1 Å². The third-order valence-corrected chi connectivity index (χ3v) is 3.60. The maximum absolute atomic E-state index is 13.3. The Morgan fingerprint density at radius 1 is 1.44 bits per heavy atom. The number of amides is 1. The molecule has 0 aliphatic rings. The first-order valence-electron chi connectivity index (χ1n) is 6.34. The minimum Gasteiger partial charge on any atom is -0.326 e. The van der Waals surface area contributed by atoms with Gasteiger partial charge >= 0.3 is 0 Å². The van der Waals surface area contributed by atoms with E-state index in [9.17, 15) is 9.18 Å². The SMILES string of the molecule is CCCCC(CC)C(=O)Nc1ccc(Br)c(F)c1. The van der Waals surface area contributed by atoms with Gasteiger partial charge in [-0.1, -0.05) is 26.7 Å². The van der Waals surface area contributed by atoms with Gasteiger partial charge in [0.05, 0.1) is 4.47 Å². The van der Waals surface area contributed by atoms with Crippen LogP contribution in [0.5, 0.6) is 0 Å². The number of unbranched alkanes of at least 4 members (excludes halogenated alkanes) is 1. The number of benzene rings is 1. The van der Waals surface area contributed by atoms with Crippen molar-refractivity contribution in [2.24, 2.45) is 5.92 Å². The molecule has 18 heavy (non-hydrogen) atoms. The number of hydrogen-bond donors (Lipinski definition) is 1. The first kappa shape index (κ1) is 15.2. The van der Waals surface area contributed by atoms with Crippen molar-refractivity contribution in [3.63, 3.8) is 0 Å². The molecule has 1 N–H and O–H groups in total. The van der Waals surface area contributed by atoms with Gasteiger partial charge in [0.15, 0.2) is 0 Å². The number of halogens is 2. The molecular weight excluding hydrogens is 297 g/mol. The zero-order chi connectivity index (χ0) is 13.5. The third-order valence-electron chi connectivity index (χ3n) is 2.96. The van der Waals surface area contributed by atoms with Crippen molar-refractivity contribution < 1.29 is 9.18 Å². The van der Waals surface area contributed by atoms with Crippen LogP contribution in [0.1, 0.15) is 39.5 Å². The fraction of sp³-hybridized carbons (Fsp3) is 0.500. The summed E-state index contributed by atoms with van der Waals surface area (Å²) in [7, 11) is 0. The van der Waals surface area contributed by atoms with E-state index in [0.29, 0.717) is 10.2 Å². The summed E-state index contributed by atoms with van der Waals surface area (Å²) in [6.45, 7) is 4.11. The van der Waals surface area contributed by atoms with Gasteiger partial charge in [-0.05, 0) is 47.0 Å². The van der Waals surface area contributed by atoms with Crippen molar-refractivity contribution in [3.05, 3.63) is 28.5 Å². The van der Waals surface area contributed by atoms with Crippen molar-refractivity contribution in [1.29, 1.82) is 0 Å². The van der Waals surface area contributed by atoms with Crippen molar-refractivity contribution >= 4 is 27.5 Å². The molecule has 1 aromatic rings. The highest BCUT2D eigenvalue weighted by atomic mass is 79.9. The fourth-order valence-electron chi connectivity index (χ4n) is 1.79. The summed E-state index contributed by atoms with van der Waals surface area (Å²) >= 11 is 3.08. The van der Waals surface area contributed by atoms with Gasteiger partial charge in [-0.25, -0.2) is 4.39 Å². The van der Waals surface area contributed by atoms with Crippen molar-refractivity contribution in [3.8, 4) is 0 Å². The van der Waals surface area contributed by atoms with E-state index in [4.69, 9.17) is 0 Å². The molecule has 1 amide bonds. The molecule has 1 aromatic carbocycles. The zero-order valence-electron chi connectivity index (χ0n) is 10.8. The molecule has 0 spiro atoms. The second-order valence-electron chi connectivity index (χ2n) is 4.37. The van der Waals surface area contributed by atoms with Gasteiger partial charge in [0.1, 0.15) is 5.82 Å². The topological polar surface area (TPSA) is 29.1 Å². The van der Waals surface area contributed by atoms with Gasteiger partial charge in [-0.3, -0.25) is 4.79 Å². The van der Waals surface area contributed by atoms with Crippen LogP contribution in [0.3, 0.4) is 0 Å². The monoisotopic (exact) mass is 315 g/mol. The van der Waals surface area contributed by atoms with Crippen LogP contribution in [0.25, 0.3) is 0 Å². The van der Waals surface area contributed by atoms with Gasteiger partial charge in [0, 0.05) is 11.6 Å². The Labute approximate surface area is 116 Å². The smallest absolute Gasteiger partial charge is 0.227 e. The summed E-state index contributed by atoms with van der Waals surface area (Å²) in [6, 6.07) is 4.62. The van der Waals surface area contributed by atoms with E-state index in [2.05, 4.69) is 28.2 Å². The third kappa shape index (κ3) is 4.41. The number of rotatable bonds is 6.